The Labute approximate surface area is 134 Å². The maximum Gasteiger partial charge on any atom is 0.317 e. The van der Waals surface area contributed by atoms with Gasteiger partial charge in [-0.2, -0.15) is 0 Å². The lowest BCUT2D eigenvalue weighted by Crippen LogP contribution is -2.37. The number of nitrogens with zero attached hydrogens (tertiary/aromatic N) is 1. The molecule has 2 saturated heterocycles. The van der Waals surface area contributed by atoms with Gasteiger partial charge in [0, 0.05) is 36.0 Å². The average Bonchev–Trinajstić information content (AvgIpc) is 3.03. The minimum Gasteiger partial charge on any atom is -0.435 e. The number of hydrogen-bond acceptors (Lipinski definition) is 5. The Bertz CT molecular complexity index is 747. The maximum absolute atomic E-state index is 12.5. The van der Waals surface area contributed by atoms with Gasteiger partial charge in [0.15, 0.2) is 0 Å². The van der Waals surface area contributed by atoms with Gasteiger partial charge in [-0.15, -0.1) is 0 Å². The molecule has 116 valence electrons. The molecule has 4 rings (SSSR count). The van der Waals surface area contributed by atoms with E-state index in [1.807, 2.05) is 18.2 Å². The number of fused-ring (bicyclic) bond motifs is 5. The second kappa shape index (κ2) is 4.50. The Morgan fingerprint density at radius 2 is 2.27 bits per heavy atom. The van der Waals surface area contributed by atoms with Crippen LogP contribution >= 0.6 is 6.04 Å². The van der Waals surface area contributed by atoms with Crippen molar-refractivity contribution < 1.29 is 14.3 Å². The van der Waals surface area contributed by atoms with Gasteiger partial charge in [-0.3, -0.25) is 9.78 Å². The number of rotatable bonds is 2. The Kier molecular flexibility index (Phi) is 2.98. The van der Waals surface area contributed by atoms with E-state index in [0.717, 1.165) is 17.2 Å². The predicted molar refractivity (Wildman–Crippen MR) is 88.3 cm³/mol. The molecule has 6 heteroatoms. The van der Waals surface area contributed by atoms with Crippen molar-refractivity contribution in [2.24, 2.45) is 11.3 Å². The molecule has 4 unspecified atom stereocenters. The lowest BCUT2D eigenvalue weighted by Gasteiger charge is -2.35. The predicted octanol–water partition coefficient (Wildman–Crippen LogP) is 2.84. The molecule has 0 N–H and O–H groups in total. The Balaban J connectivity index is 1.94. The van der Waals surface area contributed by atoms with Gasteiger partial charge < -0.3 is 9.47 Å². The van der Waals surface area contributed by atoms with E-state index in [9.17, 15) is 4.79 Å². The van der Waals surface area contributed by atoms with Gasteiger partial charge in [-0.05, 0) is 25.2 Å². The highest BCUT2D eigenvalue weighted by Gasteiger charge is 2.70. The molecule has 0 aliphatic carbocycles. The van der Waals surface area contributed by atoms with Gasteiger partial charge >= 0.3 is 5.97 Å². The van der Waals surface area contributed by atoms with E-state index in [1.54, 1.807) is 13.3 Å². The van der Waals surface area contributed by atoms with Crippen LogP contribution in [0.5, 0.6) is 0 Å². The smallest absolute Gasteiger partial charge is 0.317 e. The fourth-order valence-electron chi connectivity index (χ4n) is 4.55. The number of allylic oxidation sites excluding steroid dienone is 1. The van der Waals surface area contributed by atoms with Gasteiger partial charge in [0.2, 0.25) is 6.29 Å². The highest BCUT2D eigenvalue weighted by atomic mass is 32.4. The van der Waals surface area contributed by atoms with Crippen LogP contribution in [0.25, 0.3) is 5.31 Å². The molecule has 4 heterocycles. The summed E-state index contributed by atoms with van der Waals surface area (Å²) in [4.78, 5) is 17.0. The number of cyclic esters (lactones) is 1. The van der Waals surface area contributed by atoms with E-state index in [1.165, 1.54) is 5.57 Å². The highest BCUT2D eigenvalue weighted by molar-refractivity contribution is 8.20. The van der Waals surface area contributed by atoms with E-state index >= 15 is 0 Å². The summed E-state index contributed by atoms with van der Waals surface area (Å²) in [6.07, 6.45) is 2.21. The van der Waals surface area contributed by atoms with Gasteiger partial charge in [0.25, 0.3) is 0 Å². The van der Waals surface area contributed by atoms with Crippen molar-refractivity contribution in [3.8, 4) is 0 Å². The molecular formula is C16H18NO3PS. The van der Waals surface area contributed by atoms with Crippen molar-refractivity contribution in [1.82, 2.24) is 4.98 Å². The molecule has 2 fully saturated rings. The zero-order chi connectivity index (χ0) is 15.7. The number of pyridine rings is 1. The van der Waals surface area contributed by atoms with Crippen molar-refractivity contribution in [3.63, 3.8) is 0 Å². The summed E-state index contributed by atoms with van der Waals surface area (Å²) in [5, 5.41) is 1.15. The molecule has 5 atom stereocenters. The second-order valence-corrected chi connectivity index (χ2v) is 11.4. The van der Waals surface area contributed by atoms with Crippen LogP contribution in [0.15, 0.2) is 30.0 Å². The average molecular weight is 335 g/mol. The molecule has 0 spiro atoms. The molecule has 3 aliphatic heterocycles. The Morgan fingerprint density at radius 1 is 1.50 bits per heavy atom. The van der Waals surface area contributed by atoms with E-state index in [-0.39, 0.29) is 23.0 Å². The van der Waals surface area contributed by atoms with Crippen LogP contribution in [0.3, 0.4) is 0 Å². The maximum atomic E-state index is 12.5. The summed E-state index contributed by atoms with van der Waals surface area (Å²) in [6, 6.07) is 3.83. The van der Waals surface area contributed by atoms with E-state index in [0.29, 0.717) is 0 Å². The minimum absolute atomic E-state index is 0.0447. The molecule has 0 saturated carbocycles. The van der Waals surface area contributed by atoms with Crippen LogP contribution in [0.4, 0.5) is 0 Å². The lowest BCUT2D eigenvalue weighted by atomic mass is 9.72. The fourth-order valence-corrected chi connectivity index (χ4v) is 11.5. The zero-order valence-corrected chi connectivity index (χ0v) is 14.5. The molecule has 1 aromatic rings. The van der Waals surface area contributed by atoms with Crippen molar-refractivity contribution in [3.05, 3.63) is 35.7 Å². The first-order chi connectivity index (χ1) is 10.4. The quantitative estimate of drug-likeness (QED) is 0.614. The topological polar surface area (TPSA) is 48.4 Å². The number of carbonyl (C=O) groups is 1. The monoisotopic (exact) mass is 335 g/mol. The molecular weight excluding hydrogens is 317 g/mol. The van der Waals surface area contributed by atoms with Crippen LogP contribution in [0.2, 0.25) is 0 Å². The van der Waals surface area contributed by atoms with Crippen molar-refractivity contribution in [2.45, 2.75) is 25.8 Å². The van der Waals surface area contributed by atoms with Crippen molar-refractivity contribution in [1.29, 1.82) is 0 Å². The largest absolute Gasteiger partial charge is 0.435 e. The molecule has 0 amide bonds. The number of hydrogen-bond donors (Lipinski definition) is 0. The number of esters is 1. The normalized spacial score (nSPS) is 42.7. The summed E-state index contributed by atoms with van der Waals surface area (Å²) < 4.78 is 10.9. The Morgan fingerprint density at radius 3 is 2.91 bits per heavy atom. The fraction of sp³-hybridized carbons (Fsp3) is 0.500. The van der Waals surface area contributed by atoms with Crippen LogP contribution in [0.1, 0.15) is 19.5 Å². The first-order valence-corrected chi connectivity index (χ1v) is 10.4. The standard InChI is InChI=1S/C16H18NO3PS/c1-9-12(10-6-4-5-7-17-10)21(22)8-16(9,2)11-13(21)14(18)20-15(11)19-3/h4-7,11,13,15H,8H2,1-3H3/t11?,13?,15-,16?,21?/m1/s1. The van der Waals surface area contributed by atoms with Crippen LogP contribution < -0.4 is 0 Å². The molecule has 3 aliphatic rings. The zero-order valence-electron chi connectivity index (χ0n) is 12.8. The SMILES string of the molecule is CO[C@@H]1OC(=O)C2C1C1(C)CP2(=S)C(c2ccccn2)=C1C. The number of ether oxygens (including phenoxy) is 2. The van der Waals surface area contributed by atoms with E-state index in [2.05, 4.69) is 18.8 Å². The first kappa shape index (κ1) is 14.6. The van der Waals surface area contributed by atoms with Gasteiger partial charge in [-0.1, -0.05) is 30.4 Å². The van der Waals surface area contributed by atoms with Crippen LogP contribution in [-0.2, 0) is 26.1 Å². The first-order valence-electron chi connectivity index (χ1n) is 7.39. The van der Waals surface area contributed by atoms with Gasteiger partial charge in [0.05, 0.1) is 11.4 Å². The van der Waals surface area contributed by atoms with Crippen molar-refractivity contribution in [2.75, 3.05) is 13.3 Å². The number of aromatic nitrogens is 1. The van der Waals surface area contributed by atoms with Crippen molar-refractivity contribution >= 4 is 29.1 Å². The van der Waals surface area contributed by atoms with Gasteiger partial charge in [-0.25, -0.2) is 0 Å². The summed E-state index contributed by atoms with van der Waals surface area (Å²) in [5.41, 5.74) is 1.87. The molecule has 0 radical (unpaired) electrons. The van der Waals surface area contributed by atoms with Crippen LogP contribution in [-0.4, -0.2) is 36.2 Å². The van der Waals surface area contributed by atoms with E-state index in [4.69, 9.17) is 21.3 Å². The lowest BCUT2D eigenvalue weighted by molar-refractivity contribution is -0.164. The minimum atomic E-state index is -2.04. The third-order valence-corrected chi connectivity index (χ3v) is 11.1. The summed E-state index contributed by atoms with van der Waals surface area (Å²) >= 11 is 6.13. The molecule has 0 aromatic carbocycles. The molecule has 2 bridgehead atoms. The van der Waals surface area contributed by atoms with Crippen LogP contribution in [0, 0.1) is 11.3 Å². The molecule has 1 aromatic heterocycles. The Hall–Kier alpha value is -1.03. The molecule has 22 heavy (non-hydrogen) atoms. The summed E-state index contributed by atoms with van der Waals surface area (Å²) in [5.74, 6) is -0.131. The second-order valence-electron chi connectivity index (χ2n) is 6.57. The number of methoxy groups -OCH3 is 1. The highest BCUT2D eigenvalue weighted by Crippen LogP contribution is 2.83. The summed E-state index contributed by atoms with van der Waals surface area (Å²) in [6.45, 7) is 4.35. The van der Waals surface area contributed by atoms with Gasteiger partial charge in [0.1, 0.15) is 0 Å². The third kappa shape index (κ3) is 1.54. The third-order valence-electron chi connectivity index (χ3n) is 5.59. The van der Waals surface area contributed by atoms with E-state index < -0.39 is 12.3 Å². The number of carbonyl (C=O) groups excluding carboxylic acids is 1. The molecule has 4 nitrogen and oxygen atoms in total. The summed E-state index contributed by atoms with van der Waals surface area (Å²) in [7, 11) is 1.60.